The Bertz CT molecular complexity index is 310. The molecule has 1 atom stereocenters. The molecule has 4 heteroatoms. The molecule has 0 amide bonds. The number of aryl methyl sites for hydroxylation is 2. The Labute approximate surface area is 101 Å². The van der Waals surface area contributed by atoms with E-state index in [0.717, 1.165) is 30.8 Å². The molecule has 90 valence electrons. The summed E-state index contributed by atoms with van der Waals surface area (Å²) in [5, 5.41) is 7.74. The molecule has 1 aliphatic rings. The van der Waals surface area contributed by atoms with Gasteiger partial charge >= 0.3 is 0 Å². The summed E-state index contributed by atoms with van der Waals surface area (Å²) in [6.45, 7) is 5.17. The molecule has 1 aliphatic heterocycles. The average Bonchev–Trinajstić information content (AvgIpc) is 2.94. The third kappa shape index (κ3) is 2.61. The van der Waals surface area contributed by atoms with E-state index >= 15 is 0 Å². The van der Waals surface area contributed by atoms with E-state index in [1.165, 1.54) is 23.5 Å². The minimum absolute atomic E-state index is 0.675. The van der Waals surface area contributed by atoms with Crippen LogP contribution >= 0.6 is 11.8 Å². The molecule has 1 aromatic heterocycles. The molecule has 2 rings (SSSR count). The third-order valence-corrected chi connectivity index (χ3v) is 4.27. The van der Waals surface area contributed by atoms with Crippen molar-refractivity contribution in [1.82, 2.24) is 10.5 Å². The van der Waals surface area contributed by atoms with Gasteiger partial charge in [-0.15, -0.1) is 0 Å². The van der Waals surface area contributed by atoms with Gasteiger partial charge in [0.2, 0.25) is 0 Å². The van der Waals surface area contributed by atoms with E-state index in [2.05, 4.69) is 24.3 Å². The van der Waals surface area contributed by atoms with Crippen LogP contribution in [-0.2, 0) is 19.4 Å². The van der Waals surface area contributed by atoms with Crippen molar-refractivity contribution in [2.24, 2.45) is 0 Å². The van der Waals surface area contributed by atoms with Crippen molar-refractivity contribution >= 4 is 11.8 Å². The molecular formula is C12H20N2OS. The number of thioether (sulfide) groups is 1. The number of hydrogen-bond acceptors (Lipinski definition) is 4. The van der Waals surface area contributed by atoms with Gasteiger partial charge in [0.15, 0.2) is 0 Å². The van der Waals surface area contributed by atoms with Crippen LogP contribution in [0.4, 0.5) is 0 Å². The summed E-state index contributed by atoms with van der Waals surface area (Å²) < 4.78 is 5.36. The standard InChI is InChI=1S/C12H20N2OS/c1-3-11-10(12(4-2)15-14-11)7-13-9-5-6-16-8-9/h9,13H,3-8H2,1-2H3. The fourth-order valence-corrected chi connectivity index (χ4v) is 3.27. The number of aromatic nitrogens is 1. The molecule has 0 bridgehead atoms. The number of nitrogens with one attached hydrogen (secondary N) is 1. The summed E-state index contributed by atoms with van der Waals surface area (Å²) in [6.07, 6.45) is 3.18. The van der Waals surface area contributed by atoms with Crippen LogP contribution < -0.4 is 5.32 Å². The first kappa shape index (κ1) is 12.0. The highest BCUT2D eigenvalue weighted by Gasteiger charge is 2.18. The van der Waals surface area contributed by atoms with Crippen molar-refractivity contribution in [1.29, 1.82) is 0 Å². The van der Waals surface area contributed by atoms with Crippen molar-refractivity contribution in [2.45, 2.75) is 45.7 Å². The Hall–Kier alpha value is -0.480. The first-order valence-electron chi connectivity index (χ1n) is 6.12. The summed E-state index contributed by atoms with van der Waals surface area (Å²) in [5.41, 5.74) is 2.41. The molecule has 0 spiro atoms. The second-order valence-corrected chi connectivity index (χ2v) is 5.33. The fourth-order valence-electron chi connectivity index (χ4n) is 2.08. The van der Waals surface area contributed by atoms with Gasteiger partial charge in [-0.3, -0.25) is 0 Å². The smallest absolute Gasteiger partial charge is 0.141 e. The van der Waals surface area contributed by atoms with Gasteiger partial charge in [0.1, 0.15) is 5.76 Å². The van der Waals surface area contributed by atoms with Crippen LogP contribution in [0.1, 0.15) is 37.3 Å². The van der Waals surface area contributed by atoms with Crippen LogP contribution in [0.5, 0.6) is 0 Å². The first-order chi connectivity index (χ1) is 7.85. The molecule has 1 fully saturated rings. The Morgan fingerprint density at radius 2 is 2.31 bits per heavy atom. The Balaban J connectivity index is 1.98. The van der Waals surface area contributed by atoms with Gasteiger partial charge in [-0.2, -0.15) is 11.8 Å². The van der Waals surface area contributed by atoms with Gasteiger partial charge in [0.05, 0.1) is 5.69 Å². The van der Waals surface area contributed by atoms with Crippen LogP contribution in [0.2, 0.25) is 0 Å². The van der Waals surface area contributed by atoms with Crippen molar-refractivity contribution in [3.8, 4) is 0 Å². The lowest BCUT2D eigenvalue weighted by Crippen LogP contribution is -2.28. The molecule has 2 heterocycles. The molecule has 3 nitrogen and oxygen atoms in total. The minimum Gasteiger partial charge on any atom is -0.361 e. The molecule has 1 N–H and O–H groups in total. The largest absolute Gasteiger partial charge is 0.361 e. The lowest BCUT2D eigenvalue weighted by molar-refractivity contribution is 0.379. The first-order valence-corrected chi connectivity index (χ1v) is 7.28. The van der Waals surface area contributed by atoms with Gasteiger partial charge < -0.3 is 9.84 Å². The predicted molar refractivity (Wildman–Crippen MR) is 67.8 cm³/mol. The lowest BCUT2D eigenvalue weighted by Gasteiger charge is -2.11. The van der Waals surface area contributed by atoms with Crippen LogP contribution in [0.25, 0.3) is 0 Å². The summed E-state index contributed by atoms with van der Waals surface area (Å²) >= 11 is 2.04. The van der Waals surface area contributed by atoms with Gasteiger partial charge in [-0.05, 0) is 18.6 Å². The maximum Gasteiger partial charge on any atom is 0.141 e. The van der Waals surface area contributed by atoms with Crippen LogP contribution in [0.3, 0.4) is 0 Å². The Morgan fingerprint density at radius 3 is 2.94 bits per heavy atom. The molecule has 1 aromatic rings. The Morgan fingerprint density at radius 1 is 1.44 bits per heavy atom. The molecule has 16 heavy (non-hydrogen) atoms. The van der Waals surface area contributed by atoms with E-state index in [1.54, 1.807) is 0 Å². The van der Waals surface area contributed by atoms with E-state index in [0.29, 0.717) is 6.04 Å². The summed E-state index contributed by atoms with van der Waals surface area (Å²) in [5.74, 6) is 3.59. The highest BCUT2D eigenvalue weighted by molar-refractivity contribution is 7.99. The SMILES string of the molecule is CCc1noc(CC)c1CNC1CCSC1. The van der Waals surface area contributed by atoms with E-state index in [4.69, 9.17) is 4.52 Å². The van der Waals surface area contributed by atoms with Gasteiger partial charge in [0.25, 0.3) is 0 Å². The van der Waals surface area contributed by atoms with Crippen molar-refractivity contribution < 1.29 is 4.52 Å². The zero-order valence-corrected chi connectivity index (χ0v) is 10.9. The highest BCUT2D eigenvalue weighted by Crippen LogP contribution is 2.19. The lowest BCUT2D eigenvalue weighted by atomic mass is 10.1. The number of rotatable bonds is 5. The molecule has 0 aliphatic carbocycles. The molecule has 0 saturated carbocycles. The molecule has 0 radical (unpaired) electrons. The topological polar surface area (TPSA) is 38.1 Å². The molecular weight excluding hydrogens is 220 g/mol. The third-order valence-electron chi connectivity index (χ3n) is 3.10. The summed E-state index contributed by atoms with van der Waals surface area (Å²) in [4.78, 5) is 0. The fraction of sp³-hybridized carbons (Fsp3) is 0.750. The number of hydrogen-bond donors (Lipinski definition) is 1. The van der Waals surface area contributed by atoms with Gasteiger partial charge in [-0.1, -0.05) is 19.0 Å². The van der Waals surface area contributed by atoms with Gasteiger partial charge in [-0.25, -0.2) is 0 Å². The van der Waals surface area contributed by atoms with Crippen molar-refractivity contribution in [3.05, 3.63) is 17.0 Å². The maximum atomic E-state index is 5.36. The maximum absolute atomic E-state index is 5.36. The second kappa shape index (κ2) is 5.73. The average molecular weight is 240 g/mol. The van der Waals surface area contributed by atoms with E-state index < -0.39 is 0 Å². The van der Waals surface area contributed by atoms with Crippen molar-refractivity contribution in [2.75, 3.05) is 11.5 Å². The molecule has 1 unspecified atom stereocenters. The van der Waals surface area contributed by atoms with E-state index in [9.17, 15) is 0 Å². The number of nitrogens with zero attached hydrogens (tertiary/aromatic N) is 1. The summed E-state index contributed by atoms with van der Waals surface area (Å²) in [7, 11) is 0. The normalized spacial score (nSPS) is 20.5. The predicted octanol–water partition coefficient (Wildman–Crippen LogP) is 2.39. The van der Waals surface area contributed by atoms with Crippen LogP contribution in [-0.4, -0.2) is 22.7 Å². The zero-order valence-electron chi connectivity index (χ0n) is 10.1. The zero-order chi connectivity index (χ0) is 11.4. The monoisotopic (exact) mass is 240 g/mol. The van der Waals surface area contributed by atoms with E-state index in [1.807, 2.05) is 11.8 Å². The van der Waals surface area contributed by atoms with Crippen LogP contribution in [0.15, 0.2) is 4.52 Å². The van der Waals surface area contributed by atoms with E-state index in [-0.39, 0.29) is 0 Å². The molecule has 1 saturated heterocycles. The summed E-state index contributed by atoms with van der Waals surface area (Å²) in [6, 6.07) is 0.675. The second-order valence-electron chi connectivity index (χ2n) is 4.18. The highest BCUT2D eigenvalue weighted by atomic mass is 32.2. The molecule has 0 aromatic carbocycles. The van der Waals surface area contributed by atoms with Gasteiger partial charge in [0, 0.05) is 30.3 Å². The Kier molecular flexibility index (Phi) is 4.29. The minimum atomic E-state index is 0.675. The van der Waals surface area contributed by atoms with Crippen molar-refractivity contribution in [3.63, 3.8) is 0 Å². The van der Waals surface area contributed by atoms with Crippen LogP contribution in [0, 0.1) is 0 Å². The quantitative estimate of drug-likeness (QED) is 0.857.